The normalized spacial score (nSPS) is 28.9. The molecule has 7 heteroatoms. The fourth-order valence-corrected chi connectivity index (χ4v) is 2.09. The minimum Gasteiger partial charge on any atom is -0.291 e. The highest BCUT2D eigenvalue weighted by Crippen LogP contribution is 2.57. The van der Waals surface area contributed by atoms with Crippen LogP contribution in [0, 0.1) is 0 Å². The second-order valence-electron chi connectivity index (χ2n) is 2.47. The predicted octanol–water partition coefficient (Wildman–Crippen LogP) is 3.65. The SMILES string of the molecule is O=C1C=CC(Cl)(Cl)C(Cl)(Cl)C1(Cl)Cl. The van der Waals surface area contributed by atoms with E-state index in [0.717, 1.165) is 12.2 Å². The smallest absolute Gasteiger partial charge is 0.215 e. The molecule has 0 aromatic rings. The number of halogens is 6. The highest BCUT2D eigenvalue weighted by Gasteiger charge is 2.64. The fourth-order valence-electron chi connectivity index (χ4n) is 0.754. The molecule has 0 heterocycles. The fraction of sp³-hybridized carbons (Fsp3) is 0.500. The number of allylic oxidation sites excluding steroid dienone is 2. The number of carbonyl (C=O) groups is 1. The molecule has 0 aromatic heterocycles. The van der Waals surface area contributed by atoms with Crippen LogP contribution in [-0.2, 0) is 4.79 Å². The zero-order valence-corrected chi connectivity index (χ0v) is 10.4. The topological polar surface area (TPSA) is 17.1 Å². The molecular formula is C6H2Cl6O. The van der Waals surface area contributed by atoms with Gasteiger partial charge in [-0.05, 0) is 12.2 Å². The summed E-state index contributed by atoms with van der Waals surface area (Å²) in [6, 6.07) is 0. The molecule has 74 valence electrons. The molecule has 0 saturated heterocycles. The molecule has 0 amide bonds. The molecular weight excluding hydrogens is 301 g/mol. The van der Waals surface area contributed by atoms with Gasteiger partial charge in [0, 0.05) is 0 Å². The molecule has 0 N–H and O–H groups in total. The van der Waals surface area contributed by atoms with Crippen LogP contribution in [0.3, 0.4) is 0 Å². The summed E-state index contributed by atoms with van der Waals surface area (Å²) in [4.78, 5) is 11.2. The van der Waals surface area contributed by atoms with Crippen LogP contribution >= 0.6 is 69.6 Å². The van der Waals surface area contributed by atoms with E-state index in [2.05, 4.69) is 0 Å². The van der Waals surface area contributed by atoms with Gasteiger partial charge < -0.3 is 0 Å². The Balaban J connectivity index is 3.31. The van der Waals surface area contributed by atoms with Gasteiger partial charge in [-0.25, -0.2) is 0 Å². The Kier molecular flexibility index (Phi) is 3.13. The highest BCUT2D eigenvalue weighted by molar-refractivity contribution is 6.75. The zero-order chi connectivity index (χ0) is 10.5. The van der Waals surface area contributed by atoms with Crippen molar-refractivity contribution < 1.29 is 4.79 Å². The Morgan fingerprint density at radius 2 is 1.46 bits per heavy atom. The molecule has 0 saturated carbocycles. The molecule has 13 heavy (non-hydrogen) atoms. The largest absolute Gasteiger partial charge is 0.291 e. The third-order valence-electron chi connectivity index (χ3n) is 1.57. The van der Waals surface area contributed by atoms with E-state index < -0.39 is 18.8 Å². The average Bonchev–Trinajstić information content (AvgIpc) is 1.97. The van der Waals surface area contributed by atoms with Crippen molar-refractivity contribution in [2.45, 2.75) is 13.0 Å². The summed E-state index contributed by atoms with van der Waals surface area (Å²) in [5, 5.41) is 0. The van der Waals surface area contributed by atoms with E-state index >= 15 is 0 Å². The van der Waals surface area contributed by atoms with Gasteiger partial charge in [-0.15, -0.1) is 0 Å². The molecule has 1 aliphatic rings. The van der Waals surface area contributed by atoms with Crippen LogP contribution in [0.2, 0.25) is 0 Å². The van der Waals surface area contributed by atoms with Crippen molar-refractivity contribution in [2.75, 3.05) is 0 Å². The van der Waals surface area contributed by atoms with Crippen LogP contribution in [0.5, 0.6) is 0 Å². The minimum absolute atomic E-state index is 0.655. The van der Waals surface area contributed by atoms with Crippen LogP contribution in [0.1, 0.15) is 0 Å². The zero-order valence-electron chi connectivity index (χ0n) is 5.83. The molecule has 0 radical (unpaired) electrons. The van der Waals surface area contributed by atoms with Crippen LogP contribution in [0.25, 0.3) is 0 Å². The van der Waals surface area contributed by atoms with Crippen molar-refractivity contribution in [1.29, 1.82) is 0 Å². The first-order chi connectivity index (χ1) is 5.63. The van der Waals surface area contributed by atoms with Gasteiger partial charge in [0.05, 0.1) is 0 Å². The number of hydrogen-bond acceptors (Lipinski definition) is 1. The maximum Gasteiger partial charge on any atom is 0.215 e. The summed E-state index contributed by atoms with van der Waals surface area (Å²) in [5.74, 6) is -0.655. The molecule has 0 fully saturated rings. The van der Waals surface area contributed by atoms with E-state index in [1.165, 1.54) is 0 Å². The van der Waals surface area contributed by atoms with Crippen molar-refractivity contribution in [3.05, 3.63) is 12.2 Å². The van der Waals surface area contributed by atoms with Crippen LogP contribution in [-0.4, -0.2) is 18.8 Å². The van der Waals surface area contributed by atoms with Crippen molar-refractivity contribution in [2.24, 2.45) is 0 Å². The van der Waals surface area contributed by atoms with Gasteiger partial charge >= 0.3 is 0 Å². The first-order valence-corrected chi connectivity index (χ1v) is 5.27. The lowest BCUT2D eigenvalue weighted by Gasteiger charge is -2.40. The second-order valence-corrected chi connectivity index (χ2v) is 6.51. The van der Waals surface area contributed by atoms with Gasteiger partial charge in [0.2, 0.25) is 4.33 Å². The van der Waals surface area contributed by atoms with E-state index in [0.29, 0.717) is 0 Å². The Labute approximate surface area is 105 Å². The van der Waals surface area contributed by atoms with E-state index in [1.54, 1.807) is 0 Å². The van der Waals surface area contributed by atoms with Crippen LogP contribution in [0.4, 0.5) is 0 Å². The molecule has 0 aliphatic heterocycles. The third kappa shape index (κ3) is 1.68. The molecule has 0 unspecified atom stereocenters. The summed E-state index contributed by atoms with van der Waals surface area (Å²) >= 11 is 34.1. The lowest BCUT2D eigenvalue weighted by Crippen LogP contribution is -2.55. The molecule has 1 nitrogen and oxygen atoms in total. The number of carbonyl (C=O) groups excluding carboxylic acids is 1. The monoisotopic (exact) mass is 300 g/mol. The van der Waals surface area contributed by atoms with Gasteiger partial charge in [0.1, 0.15) is 0 Å². The number of alkyl halides is 6. The third-order valence-corrected chi connectivity index (χ3v) is 5.26. The van der Waals surface area contributed by atoms with E-state index in [9.17, 15) is 4.79 Å². The van der Waals surface area contributed by atoms with Crippen molar-refractivity contribution in [3.8, 4) is 0 Å². The van der Waals surface area contributed by atoms with Crippen LogP contribution in [0.15, 0.2) is 12.2 Å². The standard InChI is InChI=1S/C6H2Cl6O/c7-4(8)2-1-3(13)5(9,10)6(4,11)12/h1-2H. The molecule has 1 rings (SSSR count). The molecule has 0 aromatic carbocycles. The van der Waals surface area contributed by atoms with E-state index in [1.807, 2.05) is 0 Å². The quantitative estimate of drug-likeness (QED) is 0.624. The van der Waals surface area contributed by atoms with E-state index in [-0.39, 0.29) is 0 Å². The second kappa shape index (κ2) is 3.33. The first-order valence-electron chi connectivity index (χ1n) is 3.00. The molecule has 0 atom stereocenters. The summed E-state index contributed by atoms with van der Waals surface area (Å²) in [6.45, 7) is 0. The Morgan fingerprint density at radius 3 is 1.85 bits per heavy atom. The van der Waals surface area contributed by atoms with Gasteiger partial charge in [-0.2, -0.15) is 0 Å². The number of rotatable bonds is 0. The van der Waals surface area contributed by atoms with Crippen LogP contribution < -0.4 is 0 Å². The van der Waals surface area contributed by atoms with Gasteiger partial charge in [0.15, 0.2) is 14.4 Å². The van der Waals surface area contributed by atoms with Gasteiger partial charge in [-0.3, -0.25) is 4.79 Å². The maximum atomic E-state index is 11.2. The van der Waals surface area contributed by atoms with Gasteiger partial charge in [0.25, 0.3) is 0 Å². The van der Waals surface area contributed by atoms with Crippen molar-refractivity contribution in [3.63, 3.8) is 0 Å². The summed E-state index contributed by atoms with van der Waals surface area (Å²) in [5.41, 5.74) is 0. The average molecular weight is 303 g/mol. The molecule has 0 bridgehead atoms. The summed E-state index contributed by atoms with van der Waals surface area (Å²) < 4.78 is -5.74. The molecule has 1 aliphatic carbocycles. The Hall–Kier alpha value is 1.15. The molecule has 0 spiro atoms. The lowest BCUT2D eigenvalue weighted by atomic mass is 10.0. The number of ketones is 1. The highest BCUT2D eigenvalue weighted by atomic mass is 35.5. The predicted molar refractivity (Wildman–Crippen MR) is 57.5 cm³/mol. The Morgan fingerprint density at radius 1 is 1.00 bits per heavy atom. The Bertz CT molecular complexity index is 279. The first kappa shape index (κ1) is 12.2. The van der Waals surface area contributed by atoms with Crippen molar-refractivity contribution >= 4 is 75.4 Å². The summed E-state index contributed by atoms with van der Waals surface area (Å²) in [6.07, 6.45) is 2.18. The summed E-state index contributed by atoms with van der Waals surface area (Å²) in [7, 11) is 0. The minimum atomic E-state index is -2.05. The maximum absolute atomic E-state index is 11.2. The van der Waals surface area contributed by atoms with Gasteiger partial charge in [-0.1, -0.05) is 69.6 Å². The van der Waals surface area contributed by atoms with E-state index in [4.69, 9.17) is 69.6 Å². The van der Waals surface area contributed by atoms with Crippen molar-refractivity contribution in [1.82, 2.24) is 0 Å². The lowest BCUT2D eigenvalue weighted by molar-refractivity contribution is -0.115. The number of hydrogen-bond donors (Lipinski definition) is 0.